The summed E-state index contributed by atoms with van der Waals surface area (Å²) in [5, 5.41) is 12.7. The molecule has 0 unspecified atom stereocenters. The number of nitro groups is 1. The lowest BCUT2D eigenvalue weighted by atomic mass is 9.84. The summed E-state index contributed by atoms with van der Waals surface area (Å²) in [6.45, 7) is -0.540. The van der Waals surface area contributed by atoms with E-state index in [2.05, 4.69) is 0 Å². The summed E-state index contributed by atoms with van der Waals surface area (Å²) in [6, 6.07) is 11.2. The Bertz CT molecular complexity index is 1420. The molecule has 1 aliphatic heterocycles. The van der Waals surface area contributed by atoms with Gasteiger partial charge in [0.15, 0.2) is 4.33 Å². The number of allylic oxidation sites excluding steroid dienone is 2. The van der Waals surface area contributed by atoms with Crippen molar-refractivity contribution in [2.45, 2.75) is 20.6 Å². The summed E-state index contributed by atoms with van der Waals surface area (Å²) in [6.07, 6.45) is 0. The molecule has 2 aromatic carbocycles. The molecule has 4 atom stereocenters. The minimum Gasteiger partial charge on any atom is -0.272 e. The molecular weight excluding hydrogens is 646 g/mol. The average Bonchev–Trinajstić information content (AvgIpc) is 3.26. The van der Waals surface area contributed by atoms with Gasteiger partial charge in [-0.15, -0.1) is 23.2 Å². The molecule has 8 nitrogen and oxygen atoms in total. The highest BCUT2D eigenvalue weighted by molar-refractivity contribution is 6.66. The summed E-state index contributed by atoms with van der Waals surface area (Å²) in [5.74, 6) is -5.79. The molecule has 0 radical (unpaired) electrons. The molecule has 198 valence electrons. The first-order chi connectivity index (χ1) is 17.7. The third kappa shape index (κ3) is 3.41. The van der Waals surface area contributed by atoms with Crippen LogP contribution in [0, 0.1) is 22.0 Å². The zero-order chi connectivity index (χ0) is 27.9. The van der Waals surface area contributed by atoms with Gasteiger partial charge in [0, 0.05) is 16.7 Å². The lowest BCUT2D eigenvalue weighted by Gasteiger charge is -2.37. The van der Waals surface area contributed by atoms with Crippen molar-refractivity contribution in [3.05, 3.63) is 84.9 Å². The predicted octanol–water partition coefficient (Wildman–Crippen LogP) is 6.25. The Balaban J connectivity index is 1.64. The molecule has 5 rings (SSSR count). The number of nitrogens with zero attached hydrogens (tertiary/aromatic N) is 3. The van der Waals surface area contributed by atoms with E-state index in [1.54, 1.807) is 0 Å². The second kappa shape index (κ2) is 9.13. The normalized spacial score (nSPS) is 29.2. The molecule has 2 aliphatic carbocycles. The van der Waals surface area contributed by atoms with Gasteiger partial charge in [-0.25, -0.2) is 5.01 Å². The van der Waals surface area contributed by atoms with Crippen LogP contribution in [0.15, 0.2) is 58.6 Å². The third-order valence-corrected chi connectivity index (χ3v) is 11.5. The summed E-state index contributed by atoms with van der Waals surface area (Å²) in [4.78, 5) is 48.3. The summed E-state index contributed by atoms with van der Waals surface area (Å²) in [5.41, 5.74) is -0.260. The van der Waals surface area contributed by atoms with Crippen molar-refractivity contribution in [2.24, 2.45) is 11.8 Å². The maximum absolute atomic E-state index is 13.9. The van der Waals surface area contributed by atoms with Crippen molar-refractivity contribution < 1.29 is 19.3 Å². The molecule has 0 aromatic heterocycles. The molecule has 3 amide bonds. The standard InChI is InChI=1S/C23H12Cl7N3O5/c24-12-7-5-10(6-8-12)18(34)31(9-11-3-1-2-4-13(11)33(37)38)32-19(35)14-15(20(32)36)22(28)17(26)16(25)21(14,27)23(22,29)30/h1-8,14-15H,9H2/t14-,15-,21-,22-/m1/s1. The zero-order valence-electron chi connectivity index (χ0n) is 18.5. The number of carbonyl (C=O) groups excluding carboxylic acids is 3. The number of amides is 3. The topological polar surface area (TPSA) is 101 Å². The second-order valence-corrected chi connectivity index (χ2v) is 12.5. The van der Waals surface area contributed by atoms with Crippen LogP contribution in [0.1, 0.15) is 15.9 Å². The van der Waals surface area contributed by atoms with E-state index >= 15 is 0 Å². The Morgan fingerprint density at radius 3 is 1.89 bits per heavy atom. The van der Waals surface area contributed by atoms with Gasteiger partial charge in [-0.1, -0.05) is 76.2 Å². The molecule has 0 N–H and O–H groups in total. The van der Waals surface area contributed by atoms with E-state index in [-0.39, 0.29) is 26.9 Å². The van der Waals surface area contributed by atoms with Crippen molar-refractivity contribution in [1.82, 2.24) is 10.0 Å². The number of benzene rings is 2. The quantitative estimate of drug-likeness (QED) is 0.164. The Kier molecular flexibility index (Phi) is 6.67. The largest absolute Gasteiger partial charge is 0.274 e. The van der Waals surface area contributed by atoms with Crippen molar-refractivity contribution in [1.29, 1.82) is 0 Å². The van der Waals surface area contributed by atoms with E-state index in [9.17, 15) is 24.5 Å². The highest BCUT2D eigenvalue weighted by atomic mass is 35.5. The molecule has 2 aromatic rings. The minimum atomic E-state index is -2.16. The lowest BCUT2D eigenvalue weighted by molar-refractivity contribution is -0.385. The van der Waals surface area contributed by atoms with E-state index in [4.69, 9.17) is 81.2 Å². The molecule has 2 bridgehead atoms. The molecule has 0 spiro atoms. The molecular formula is C23H12Cl7N3O5. The zero-order valence-corrected chi connectivity index (χ0v) is 23.8. The van der Waals surface area contributed by atoms with Gasteiger partial charge in [0.05, 0.1) is 38.9 Å². The first-order valence-corrected chi connectivity index (χ1v) is 13.3. The van der Waals surface area contributed by atoms with Gasteiger partial charge in [0.2, 0.25) is 0 Å². The van der Waals surface area contributed by atoms with Crippen LogP contribution in [0.3, 0.4) is 0 Å². The number of para-hydroxylation sites is 1. The van der Waals surface area contributed by atoms with Crippen molar-refractivity contribution in [2.75, 3.05) is 0 Å². The number of hydrogen-bond acceptors (Lipinski definition) is 5. The van der Waals surface area contributed by atoms with Gasteiger partial charge in [0.25, 0.3) is 23.4 Å². The Labute approximate surface area is 250 Å². The van der Waals surface area contributed by atoms with E-state index in [1.165, 1.54) is 48.5 Å². The van der Waals surface area contributed by atoms with Crippen LogP contribution in [-0.4, -0.2) is 46.7 Å². The number of imide groups is 1. The fourth-order valence-corrected chi connectivity index (χ4v) is 8.23. The molecule has 3 aliphatic rings. The first kappa shape index (κ1) is 27.8. The Hall–Kier alpha value is -1.78. The van der Waals surface area contributed by atoms with Crippen LogP contribution in [0.25, 0.3) is 0 Å². The minimum absolute atomic E-state index is 0.0352. The van der Waals surface area contributed by atoms with Crippen molar-refractivity contribution >= 4 is 105 Å². The first-order valence-electron chi connectivity index (χ1n) is 10.7. The van der Waals surface area contributed by atoms with Gasteiger partial charge in [0.1, 0.15) is 9.75 Å². The van der Waals surface area contributed by atoms with E-state index in [1.807, 2.05) is 0 Å². The van der Waals surface area contributed by atoms with Crippen LogP contribution in [0.4, 0.5) is 5.69 Å². The van der Waals surface area contributed by atoms with Crippen molar-refractivity contribution in [3.8, 4) is 0 Å². The maximum Gasteiger partial charge on any atom is 0.274 e. The van der Waals surface area contributed by atoms with Crippen LogP contribution >= 0.6 is 81.2 Å². The number of halogens is 7. The SMILES string of the molecule is O=C(c1ccc(Cl)cc1)N(Cc1ccccc1[N+](=O)[O-])N1C(=O)[C@H]2[C@H](C1=O)[C@@]1(Cl)C(Cl)=C(Cl)[C@@]2(Cl)C1(Cl)Cl. The van der Waals surface area contributed by atoms with Gasteiger partial charge in [-0.3, -0.25) is 24.5 Å². The van der Waals surface area contributed by atoms with Gasteiger partial charge >= 0.3 is 0 Å². The number of fused-ring (bicyclic) bond motifs is 5. The fourth-order valence-electron chi connectivity index (χ4n) is 5.18. The number of hydrogen-bond donors (Lipinski definition) is 0. The monoisotopic (exact) mass is 655 g/mol. The third-order valence-electron chi connectivity index (χ3n) is 6.96. The average molecular weight is 659 g/mol. The van der Waals surface area contributed by atoms with Crippen molar-refractivity contribution in [3.63, 3.8) is 0 Å². The predicted molar refractivity (Wildman–Crippen MR) is 144 cm³/mol. The molecule has 2 fully saturated rings. The van der Waals surface area contributed by atoms with E-state index < -0.39 is 55.1 Å². The van der Waals surface area contributed by atoms with E-state index in [0.717, 1.165) is 5.01 Å². The summed E-state index contributed by atoms with van der Waals surface area (Å²) in [7, 11) is 0. The Morgan fingerprint density at radius 1 is 0.895 bits per heavy atom. The highest BCUT2D eigenvalue weighted by Gasteiger charge is 2.88. The molecule has 1 saturated heterocycles. The number of alkyl halides is 4. The van der Waals surface area contributed by atoms with Crippen LogP contribution < -0.4 is 0 Å². The maximum atomic E-state index is 13.9. The fraction of sp³-hybridized carbons (Fsp3) is 0.261. The highest BCUT2D eigenvalue weighted by Crippen LogP contribution is 2.77. The molecule has 15 heteroatoms. The van der Waals surface area contributed by atoms with Crippen LogP contribution in [-0.2, 0) is 16.1 Å². The molecule has 1 saturated carbocycles. The van der Waals surface area contributed by atoms with Gasteiger partial charge in [-0.05, 0) is 24.3 Å². The van der Waals surface area contributed by atoms with Crippen LogP contribution in [0.2, 0.25) is 5.02 Å². The summed E-state index contributed by atoms with van der Waals surface area (Å²) >= 11 is 45.2. The molecule has 1 heterocycles. The smallest absolute Gasteiger partial charge is 0.272 e. The number of rotatable bonds is 5. The van der Waals surface area contributed by atoms with Gasteiger partial charge in [-0.2, -0.15) is 5.01 Å². The number of nitro benzene ring substituents is 1. The number of carbonyl (C=O) groups is 3. The molecule has 38 heavy (non-hydrogen) atoms. The summed E-state index contributed by atoms with van der Waals surface area (Å²) < 4.78 is -2.16. The Morgan fingerprint density at radius 2 is 1.39 bits per heavy atom. The number of hydrazine groups is 1. The van der Waals surface area contributed by atoms with Crippen LogP contribution in [0.5, 0.6) is 0 Å². The van der Waals surface area contributed by atoms with Gasteiger partial charge < -0.3 is 0 Å². The van der Waals surface area contributed by atoms with E-state index in [0.29, 0.717) is 10.0 Å². The lowest BCUT2D eigenvalue weighted by Crippen LogP contribution is -2.55. The second-order valence-electron chi connectivity index (χ2n) is 8.83.